The van der Waals surface area contributed by atoms with E-state index in [0.29, 0.717) is 11.3 Å². The Hall–Kier alpha value is -1.36. The van der Waals surface area contributed by atoms with E-state index in [1.807, 2.05) is 20.8 Å². The van der Waals surface area contributed by atoms with Crippen LogP contribution < -0.4 is 10.1 Å². The molecule has 110 valence electrons. The van der Waals surface area contributed by atoms with Crippen LogP contribution in [0.3, 0.4) is 0 Å². The normalized spacial score (nSPS) is 12.7. The van der Waals surface area contributed by atoms with Gasteiger partial charge in [0.05, 0.1) is 5.56 Å². The molecule has 1 amide bonds. The number of ketones is 1. The largest absolute Gasteiger partial charge is 0.480 e. The molecule has 4 nitrogen and oxygen atoms in total. The number of hydrogen-bond donors (Lipinski definition) is 1. The van der Waals surface area contributed by atoms with Gasteiger partial charge < -0.3 is 10.1 Å². The standard InChI is InChI=1S/C15H20BrNO3/c1-9(18)12-8-11(16)6-7-13(12)20-10(2)14(19)17-15(3,4)5/h6-8,10H,1-5H3,(H,17,19). The van der Waals surface area contributed by atoms with Gasteiger partial charge in [-0.25, -0.2) is 0 Å². The Morgan fingerprint density at radius 1 is 1.30 bits per heavy atom. The molecule has 0 aliphatic rings. The Morgan fingerprint density at radius 3 is 2.40 bits per heavy atom. The highest BCUT2D eigenvalue weighted by atomic mass is 79.9. The molecule has 1 N–H and O–H groups in total. The predicted octanol–water partition coefficient (Wildman–Crippen LogP) is 3.33. The number of rotatable bonds is 4. The lowest BCUT2D eigenvalue weighted by atomic mass is 10.1. The number of carbonyl (C=O) groups excluding carboxylic acids is 2. The van der Waals surface area contributed by atoms with Gasteiger partial charge in [-0.15, -0.1) is 0 Å². The first kappa shape index (κ1) is 16.7. The molecule has 1 rings (SSSR count). The van der Waals surface area contributed by atoms with E-state index in [1.165, 1.54) is 6.92 Å². The first-order valence-electron chi connectivity index (χ1n) is 6.39. The fourth-order valence-electron chi connectivity index (χ4n) is 1.60. The highest BCUT2D eigenvalue weighted by Crippen LogP contribution is 2.24. The van der Waals surface area contributed by atoms with E-state index >= 15 is 0 Å². The Balaban J connectivity index is 2.88. The third-order valence-corrected chi connectivity index (χ3v) is 2.99. The first-order valence-corrected chi connectivity index (χ1v) is 7.18. The summed E-state index contributed by atoms with van der Waals surface area (Å²) in [4.78, 5) is 23.6. The Bertz CT molecular complexity index is 520. The summed E-state index contributed by atoms with van der Waals surface area (Å²) in [7, 11) is 0. The zero-order chi connectivity index (χ0) is 15.5. The number of amides is 1. The minimum atomic E-state index is -0.673. The molecule has 5 heteroatoms. The van der Waals surface area contributed by atoms with Gasteiger partial charge in [-0.1, -0.05) is 15.9 Å². The third-order valence-electron chi connectivity index (χ3n) is 2.49. The highest BCUT2D eigenvalue weighted by Gasteiger charge is 2.22. The summed E-state index contributed by atoms with van der Waals surface area (Å²) in [6.45, 7) is 8.83. The van der Waals surface area contributed by atoms with Crippen molar-refractivity contribution in [3.8, 4) is 5.75 Å². The number of Topliss-reactive ketones (excluding diaryl/α,β-unsaturated/α-hetero) is 1. The second kappa shape index (κ2) is 6.39. The van der Waals surface area contributed by atoms with Gasteiger partial charge in [-0.2, -0.15) is 0 Å². The van der Waals surface area contributed by atoms with Gasteiger partial charge in [0.2, 0.25) is 0 Å². The Labute approximate surface area is 128 Å². The molecule has 0 saturated heterocycles. The molecule has 1 aromatic rings. The van der Waals surface area contributed by atoms with E-state index in [9.17, 15) is 9.59 Å². The fourth-order valence-corrected chi connectivity index (χ4v) is 1.96. The molecule has 1 unspecified atom stereocenters. The van der Waals surface area contributed by atoms with Crippen molar-refractivity contribution in [2.24, 2.45) is 0 Å². The summed E-state index contributed by atoms with van der Waals surface area (Å²) >= 11 is 3.31. The number of nitrogens with one attached hydrogen (secondary N) is 1. The van der Waals surface area contributed by atoms with Crippen LogP contribution in [0, 0.1) is 0 Å². The predicted molar refractivity (Wildman–Crippen MR) is 82.1 cm³/mol. The van der Waals surface area contributed by atoms with Crippen molar-refractivity contribution in [3.63, 3.8) is 0 Å². The lowest BCUT2D eigenvalue weighted by Crippen LogP contribution is -2.46. The minimum absolute atomic E-state index is 0.107. The molecule has 1 atom stereocenters. The van der Waals surface area contributed by atoms with Crippen molar-refractivity contribution in [1.82, 2.24) is 5.32 Å². The second-order valence-corrected chi connectivity index (χ2v) is 6.61. The average Bonchev–Trinajstić information content (AvgIpc) is 2.28. The second-order valence-electron chi connectivity index (χ2n) is 5.70. The van der Waals surface area contributed by atoms with Crippen LogP contribution in [0.2, 0.25) is 0 Å². The van der Waals surface area contributed by atoms with Crippen molar-refractivity contribution < 1.29 is 14.3 Å². The molecule has 0 aromatic heterocycles. The maximum absolute atomic E-state index is 12.0. The zero-order valence-corrected chi connectivity index (χ0v) is 14.0. The fraction of sp³-hybridized carbons (Fsp3) is 0.467. The molecular formula is C15H20BrNO3. The molecule has 20 heavy (non-hydrogen) atoms. The molecule has 0 saturated carbocycles. The monoisotopic (exact) mass is 341 g/mol. The van der Waals surface area contributed by atoms with Crippen LogP contribution in [0.5, 0.6) is 5.75 Å². The molecular weight excluding hydrogens is 322 g/mol. The topological polar surface area (TPSA) is 55.4 Å². The smallest absolute Gasteiger partial charge is 0.261 e. The van der Waals surface area contributed by atoms with E-state index in [-0.39, 0.29) is 17.2 Å². The average molecular weight is 342 g/mol. The summed E-state index contributed by atoms with van der Waals surface area (Å²) in [5, 5.41) is 2.84. The van der Waals surface area contributed by atoms with E-state index < -0.39 is 6.10 Å². The summed E-state index contributed by atoms with van der Waals surface area (Å²) in [5.41, 5.74) is 0.132. The summed E-state index contributed by atoms with van der Waals surface area (Å²) < 4.78 is 6.41. The van der Waals surface area contributed by atoms with E-state index in [1.54, 1.807) is 25.1 Å². The quantitative estimate of drug-likeness (QED) is 0.854. The molecule has 0 fully saturated rings. The van der Waals surface area contributed by atoms with Gasteiger partial charge in [0.25, 0.3) is 5.91 Å². The summed E-state index contributed by atoms with van der Waals surface area (Å²) in [6, 6.07) is 5.14. The number of carbonyl (C=O) groups is 2. The van der Waals surface area contributed by atoms with Crippen LogP contribution in [-0.2, 0) is 4.79 Å². The van der Waals surface area contributed by atoms with Gasteiger partial charge in [0.1, 0.15) is 5.75 Å². The third kappa shape index (κ3) is 4.96. The lowest BCUT2D eigenvalue weighted by Gasteiger charge is -2.24. The van der Waals surface area contributed by atoms with Crippen LogP contribution in [0.15, 0.2) is 22.7 Å². The van der Waals surface area contributed by atoms with Crippen molar-refractivity contribution in [1.29, 1.82) is 0 Å². The van der Waals surface area contributed by atoms with Gasteiger partial charge in [0, 0.05) is 10.0 Å². The first-order chi connectivity index (χ1) is 9.10. The highest BCUT2D eigenvalue weighted by molar-refractivity contribution is 9.10. The van der Waals surface area contributed by atoms with Crippen LogP contribution in [0.1, 0.15) is 45.0 Å². The van der Waals surface area contributed by atoms with E-state index in [4.69, 9.17) is 4.74 Å². The van der Waals surface area contributed by atoms with Crippen LogP contribution >= 0.6 is 15.9 Å². The molecule has 0 radical (unpaired) electrons. The molecule has 0 aliphatic heterocycles. The lowest BCUT2D eigenvalue weighted by molar-refractivity contribution is -0.128. The molecule has 0 bridgehead atoms. The maximum Gasteiger partial charge on any atom is 0.261 e. The number of benzene rings is 1. The van der Waals surface area contributed by atoms with Gasteiger partial charge in [-0.3, -0.25) is 9.59 Å². The van der Waals surface area contributed by atoms with Crippen LogP contribution in [0.25, 0.3) is 0 Å². The molecule has 0 heterocycles. The van der Waals surface area contributed by atoms with Crippen LogP contribution in [-0.4, -0.2) is 23.3 Å². The minimum Gasteiger partial charge on any atom is -0.480 e. The summed E-state index contributed by atoms with van der Waals surface area (Å²) in [5.74, 6) is 0.0944. The maximum atomic E-state index is 12.0. The molecule has 0 spiro atoms. The molecule has 1 aromatic carbocycles. The van der Waals surface area contributed by atoms with Crippen molar-refractivity contribution >= 4 is 27.6 Å². The number of hydrogen-bond acceptors (Lipinski definition) is 3. The van der Waals surface area contributed by atoms with Crippen LogP contribution in [0.4, 0.5) is 0 Å². The van der Waals surface area contributed by atoms with Gasteiger partial charge >= 0.3 is 0 Å². The van der Waals surface area contributed by atoms with Gasteiger partial charge in [-0.05, 0) is 52.8 Å². The van der Waals surface area contributed by atoms with Crippen molar-refractivity contribution in [3.05, 3.63) is 28.2 Å². The zero-order valence-electron chi connectivity index (χ0n) is 12.4. The van der Waals surface area contributed by atoms with Crippen molar-refractivity contribution in [2.45, 2.75) is 46.3 Å². The Kier molecular flexibility index (Phi) is 5.34. The molecule has 0 aliphatic carbocycles. The van der Waals surface area contributed by atoms with E-state index in [2.05, 4.69) is 21.2 Å². The van der Waals surface area contributed by atoms with E-state index in [0.717, 1.165) is 4.47 Å². The van der Waals surface area contributed by atoms with Crippen molar-refractivity contribution in [2.75, 3.05) is 0 Å². The summed E-state index contributed by atoms with van der Waals surface area (Å²) in [6.07, 6.45) is -0.673. The SMILES string of the molecule is CC(=O)c1cc(Br)ccc1OC(C)C(=O)NC(C)(C)C. The number of ether oxygens (including phenoxy) is 1. The van der Waals surface area contributed by atoms with Gasteiger partial charge in [0.15, 0.2) is 11.9 Å². The number of halogens is 1. The Morgan fingerprint density at radius 2 is 1.90 bits per heavy atom.